The Labute approximate surface area is 252 Å². The number of aromatic nitrogens is 11. The van der Waals surface area contributed by atoms with Gasteiger partial charge in [-0.3, -0.25) is 4.79 Å². The molecule has 0 radical (unpaired) electrons. The van der Waals surface area contributed by atoms with E-state index < -0.39 is 18.4 Å². The normalized spacial score (nSPS) is 11.7. The molecule has 0 spiro atoms. The van der Waals surface area contributed by atoms with Crippen LogP contribution in [0.25, 0.3) is 11.9 Å². The summed E-state index contributed by atoms with van der Waals surface area (Å²) in [4.78, 5) is 36.7. The molecule has 232 valence electrons. The monoisotopic (exact) mass is 618 g/mol. The van der Waals surface area contributed by atoms with Gasteiger partial charge >= 0.3 is 5.97 Å². The van der Waals surface area contributed by atoms with Crippen LogP contribution in [0.5, 0.6) is 0 Å². The predicted molar refractivity (Wildman–Crippen MR) is 154 cm³/mol. The van der Waals surface area contributed by atoms with E-state index in [1.54, 1.807) is 27.9 Å². The van der Waals surface area contributed by atoms with Crippen molar-refractivity contribution in [2.24, 2.45) is 34.6 Å². The van der Waals surface area contributed by atoms with Gasteiger partial charge in [0.25, 0.3) is 11.9 Å². The molecule has 0 saturated carbocycles. The third-order valence-electron chi connectivity index (χ3n) is 6.29. The molecule has 0 atom stereocenters. The Morgan fingerprint density at radius 3 is 1.73 bits per heavy atom. The summed E-state index contributed by atoms with van der Waals surface area (Å²) in [5.74, 6) is -1.38. The Kier molecular flexibility index (Phi) is 7.79. The molecule has 0 unspecified atom stereocenters. The average Bonchev–Trinajstić information content (AvgIpc) is 3.73. The van der Waals surface area contributed by atoms with Gasteiger partial charge in [-0.2, -0.15) is 44.7 Å². The maximum absolute atomic E-state index is 12.1. The standard InChI is InChI=1S/C23H26N18O4/c1-9-14(32-34-18-11(13(43)8-42)6-27-38(18)3)16(24)40(36-9)22-29-21(26)30-23(31-22)41-17(25)15(10(2)37-41)33-35-19-12(20(44)45-5)7-28-39(19)4/h6-7,42H,8,24-25H2,1-5H3,(H2,26,29,30,31)/b34-32+,35-33+. The van der Waals surface area contributed by atoms with Gasteiger partial charge in [-0.15, -0.1) is 20.5 Å². The number of aliphatic hydroxyl groups is 1. The number of esters is 1. The highest BCUT2D eigenvalue weighted by molar-refractivity contribution is 6.00. The van der Waals surface area contributed by atoms with Crippen molar-refractivity contribution >= 4 is 52.3 Å². The molecule has 0 bridgehead atoms. The molecule has 7 N–H and O–H groups in total. The second-order valence-electron chi connectivity index (χ2n) is 9.24. The molecule has 45 heavy (non-hydrogen) atoms. The molecule has 0 saturated heterocycles. The van der Waals surface area contributed by atoms with Gasteiger partial charge in [0.1, 0.15) is 12.2 Å². The van der Waals surface area contributed by atoms with Crippen LogP contribution < -0.4 is 17.2 Å². The lowest BCUT2D eigenvalue weighted by atomic mass is 10.2. The average molecular weight is 619 g/mol. The third kappa shape index (κ3) is 5.42. The summed E-state index contributed by atoms with van der Waals surface area (Å²) in [5, 5.41) is 42.5. The van der Waals surface area contributed by atoms with Crippen LogP contribution in [0.1, 0.15) is 32.1 Å². The van der Waals surface area contributed by atoms with Crippen LogP contribution in [0.15, 0.2) is 32.9 Å². The molecule has 0 aliphatic rings. The van der Waals surface area contributed by atoms with Crippen molar-refractivity contribution in [3.63, 3.8) is 0 Å². The third-order valence-corrected chi connectivity index (χ3v) is 6.29. The number of anilines is 3. The van der Waals surface area contributed by atoms with E-state index in [2.05, 4.69) is 55.8 Å². The van der Waals surface area contributed by atoms with E-state index >= 15 is 0 Å². The van der Waals surface area contributed by atoms with Crippen LogP contribution in [-0.4, -0.2) is 84.6 Å². The molecule has 5 aromatic heterocycles. The van der Waals surface area contributed by atoms with Gasteiger partial charge in [0.15, 0.2) is 40.4 Å². The maximum atomic E-state index is 12.1. The van der Waals surface area contributed by atoms with Crippen molar-refractivity contribution in [3.8, 4) is 11.9 Å². The molecule has 5 aromatic rings. The minimum atomic E-state index is -0.720. The highest BCUT2D eigenvalue weighted by atomic mass is 16.5. The summed E-state index contributed by atoms with van der Waals surface area (Å²) >= 11 is 0. The topological polar surface area (TPSA) is 301 Å². The van der Waals surface area contributed by atoms with Crippen molar-refractivity contribution in [2.45, 2.75) is 13.8 Å². The molecule has 22 heteroatoms. The lowest BCUT2D eigenvalue weighted by Gasteiger charge is -2.07. The first-order chi connectivity index (χ1) is 21.4. The predicted octanol–water partition coefficient (Wildman–Crippen LogP) is 0.866. The number of methoxy groups -OCH3 is 1. The molecule has 0 aliphatic heterocycles. The van der Waals surface area contributed by atoms with Gasteiger partial charge in [-0.25, -0.2) is 14.2 Å². The highest BCUT2D eigenvalue weighted by Crippen LogP contribution is 2.33. The van der Waals surface area contributed by atoms with E-state index in [-0.39, 0.29) is 63.6 Å². The fourth-order valence-electron chi connectivity index (χ4n) is 4.01. The highest BCUT2D eigenvalue weighted by Gasteiger charge is 2.22. The van der Waals surface area contributed by atoms with Crippen LogP contribution in [0.2, 0.25) is 0 Å². The molecular weight excluding hydrogens is 592 g/mol. The number of ketones is 1. The quantitative estimate of drug-likeness (QED) is 0.101. The van der Waals surface area contributed by atoms with Crippen molar-refractivity contribution in [1.29, 1.82) is 0 Å². The Morgan fingerprint density at radius 1 is 0.800 bits per heavy atom. The fraction of sp³-hybridized carbons (Fsp3) is 0.261. The summed E-state index contributed by atoms with van der Waals surface area (Å²) in [6, 6.07) is 0. The zero-order chi connectivity index (χ0) is 32.6. The summed E-state index contributed by atoms with van der Waals surface area (Å²) in [5.41, 5.74) is 19.9. The van der Waals surface area contributed by atoms with Crippen molar-refractivity contribution in [1.82, 2.24) is 54.1 Å². The lowest BCUT2D eigenvalue weighted by Crippen LogP contribution is -2.15. The van der Waals surface area contributed by atoms with E-state index in [1.807, 2.05) is 0 Å². The van der Waals surface area contributed by atoms with Crippen molar-refractivity contribution in [3.05, 3.63) is 34.9 Å². The minimum Gasteiger partial charge on any atom is -0.465 e. The number of hydrogen-bond donors (Lipinski definition) is 4. The van der Waals surface area contributed by atoms with Gasteiger partial charge in [-0.1, -0.05) is 0 Å². The number of aryl methyl sites for hydroxylation is 4. The second-order valence-corrected chi connectivity index (χ2v) is 9.24. The number of hydrogen-bond acceptors (Lipinski definition) is 18. The molecule has 0 aliphatic carbocycles. The first-order valence-corrected chi connectivity index (χ1v) is 12.8. The zero-order valence-corrected chi connectivity index (χ0v) is 24.5. The summed E-state index contributed by atoms with van der Waals surface area (Å²) in [6.07, 6.45) is 2.58. The smallest absolute Gasteiger partial charge is 0.343 e. The maximum Gasteiger partial charge on any atom is 0.343 e. The molecule has 0 aromatic carbocycles. The number of Topliss-reactive ketones (excluding diaryl/α,β-unsaturated/α-hetero) is 1. The summed E-state index contributed by atoms with van der Waals surface area (Å²) in [7, 11) is 4.38. The first-order valence-electron chi connectivity index (χ1n) is 12.8. The number of azo groups is 2. The number of nitrogen functional groups attached to an aromatic ring is 3. The second kappa shape index (κ2) is 11.7. The Balaban J connectivity index is 1.50. The van der Waals surface area contributed by atoms with E-state index in [0.717, 1.165) is 4.68 Å². The lowest BCUT2D eigenvalue weighted by molar-refractivity contribution is 0.0601. The van der Waals surface area contributed by atoms with Gasteiger partial charge in [0.05, 0.1) is 36.5 Å². The fourth-order valence-corrected chi connectivity index (χ4v) is 4.01. The van der Waals surface area contributed by atoms with Crippen molar-refractivity contribution < 1.29 is 19.4 Å². The van der Waals surface area contributed by atoms with Crippen LogP contribution in [0.3, 0.4) is 0 Å². The number of nitrogens with zero attached hydrogens (tertiary/aromatic N) is 15. The van der Waals surface area contributed by atoms with Gasteiger partial charge < -0.3 is 27.0 Å². The number of rotatable bonds is 9. The van der Waals surface area contributed by atoms with Gasteiger partial charge in [0, 0.05) is 14.1 Å². The minimum absolute atomic E-state index is 0.00176. The largest absolute Gasteiger partial charge is 0.465 e. The van der Waals surface area contributed by atoms with E-state index in [9.17, 15) is 14.7 Å². The number of carbonyl (C=O) groups excluding carboxylic acids is 2. The number of nitrogens with two attached hydrogens (primary N) is 3. The van der Waals surface area contributed by atoms with Crippen LogP contribution >= 0.6 is 0 Å². The van der Waals surface area contributed by atoms with Crippen molar-refractivity contribution in [2.75, 3.05) is 30.9 Å². The first kappa shape index (κ1) is 30.0. The van der Waals surface area contributed by atoms with Gasteiger partial charge in [-0.05, 0) is 13.8 Å². The Morgan fingerprint density at radius 2 is 1.27 bits per heavy atom. The van der Waals surface area contributed by atoms with E-state index in [4.69, 9.17) is 21.9 Å². The molecule has 5 rings (SSSR count). The van der Waals surface area contributed by atoms with E-state index in [1.165, 1.54) is 33.5 Å². The Hall–Kier alpha value is -6.45. The summed E-state index contributed by atoms with van der Waals surface area (Å²) < 4.78 is 9.76. The molecule has 5 heterocycles. The Bertz CT molecular complexity index is 1870. The van der Waals surface area contributed by atoms with Crippen LogP contribution in [0.4, 0.5) is 40.6 Å². The SMILES string of the molecule is COC(=O)c1cnn(C)c1/N=N/c1c(C)nn(-c2nc(N)nc(-n3nc(C)c(/N=N/c4c(C(=O)CO)cnn4C)c3N)n2)c1N. The van der Waals surface area contributed by atoms with Crippen LogP contribution in [-0.2, 0) is 18.8 Å². The summed E-state index contributed by atoms with van der Waals surface area (Å²) in [6.45, 7) is 2.53. The number of carbonyl (C=O) groups is 2. The van der Waals surface area contributed by atoms with Gasteiger partial charge in [0.2, 0.25) is 5.95 Å². The number of ether oxygens (including phenoxy) is 1. The van der Waals surface area contributed by atoms with Crippen LogP contribution in [0, 0.1) is 13.8 Å². The van der Waals surface area contributed by atoms with E-state index in [0.29, 0.717) is 11.4 Å². The molecule has 0 amide bonds. The zero-order valence-electron chi connectivity index (χ0n) is 24.5. The number of aliphatic hydroxyl groups excluding tert-OH is 1. The molecule has 22 nitrogen and oxygen atoms in total. The molecular formula is C23H26N18O4. The molecule has 0 fully saturated rings.